The Morgan fingerprint density at radius 2 is 0.833 bits per heavy atom. The van der Waals surface area contributed by atoms with Crippen LogP contribution in [0.15, 0.2) is 230 Å². The molecule has 0 fully saturated rings. The molecule has 2 heteroatoms. The van der Waals surface area contributed by atoms with Crippen molar-refractivity contribution in [3.63, 3.8) is 0 Å². The summed E-state index contributed by atoms with van der Waals surface area (Å²) in [6.45, 7) is 4.12. The van der Waals surface area contributed by atoms with Gasteiger partial charge in [-0.15, -0.1) is 6.58 Å². The molecule has 10 aromatic carbocycles. The van der Waals surface area contributed by atoms with Crippen LogP contribution in [0.1, 0.15) is 23.5 Å². The van der Waals surface area contributed by atoms with Crippen molar-refractivity contribution >= 4 is 71.1 Å². The average molecular weight is 768 g/mol. The van der Waals surface area contributed by atoms with E-state index >= 15 is 0 Å². The minimum Gasteiger partial charge on any atom is -0.464 e. The summed E-state index contributed by atoms with van der Waals surface area (Å²) in [7, 11) is 0. The molecule has 0 aliphatic rings. The highest BCUT2D eigenvalue weighted by atomic mass is 16.3. The molecule has 1 unspecified atom stereocenters. The predicted molar refractivity (Wildman–Crippen MR) is 255 cm³/mol. The van der Waals surface area contributed by atoms with Crippen LogP contribution in [0.25, 0.3) is 76.3 Å². The van der Waals surface area contributed by atoms with E-state index in [1.807, 2.05) is 24.5 Å². The van der Waals surface area contributed by atoms with Crippen molar-refractivity contribution in [2.24, 2.45) is 0 Å². The second-order valence-electron chi connectivity index (χ2n) is 15.7. The maximum absolute atomic E-state index is 6.00. The molecule has 0 bridgehead atoms. The molecular weight excluding hydrogens is 727 g/mol. The Hall–Kier alpha value is -7.68. The van der Waals surface area contributed by atoms with Crippen molar-refractivity contribution in [2.45, 2.75) is 12.3 Å². The summed E-state index contributed by atoms with van der Waals surface area (Å²) in [5.74, 6) is 0.130. The molecule has 0 N–H and O–H groups in total. The quantitative estimate of drug-likeness (QED) is 0.107. The fourth-order valence-corrected chi connectivity index (χ4v) is 9.15. The molecule has 1 heterocycles. The molecule has 284 valence electrons. The number of rotatable bonds is 9. The van der Waals surface area contributed by atoms with Gasteiger partial charge in [0.25, 0.3) is 0 Å². The third-order valence-corrected chi connectivity index (χ3v) is 12.3. The summed E-state index contributed by atoms with van der Waals surface area (Å²) in [5, 5.41) is 11.3. The van der Waals surface area contributed by atoms with Crippen molar-refractivity contribution in [1.29, 1.82) is 0 Å². The van der Waals surface area contributed by atoms with E-state index in [-0.39, 0.29) is 5.92 Å². The van der Waals surface area contributed by atoms with Crippen LogP contribution in [-0.2, 0) is 0 Å². The summed E-state index contributed by atoms with van der Waals surface area (Å²) in [4.78, 5) is 2.36. The van der Waals surface area contributed by atoms with Crippen molar-refractivity contribution in [1.82, 2.24) is 0 Å². The van der Waals surface area contributed by atoms with E-state index in [1.165, 1.54) is 76.5 Å². The first kappa shape index (κ1) is 35.5. The zero-order valence-corrected chi connectivity index (χ0v) is 33.1. The smallest absolute Gasteiger partial charge is 0.134 e. The molecule has 0 saturated heterocycles. The van der Waals surface area contributed by atoms with E-state index in [4.69, 9.17) is 4.42 Å². The number of allylic oxidation sites excluding steroid dienone is 1. The fourth-order valence-electron chi connectivity index (χ4n) is 9.15. The van der Waals surface area contributed by atoms with E-state index in [9.17, 15) is 0 Å². The number of nitrogens with zero attached hydrogens (tertiary/aromatic N) is 1. The van der Waals surface area contributed by atoms with E-state index in [0.717, 1.165) is 34.5 Å². The number of anilines is 3. The van der Waals surface area contributed by atoms with Crippen molar-refractivity contribution in [3.05, 3.63) is 236 Å². The zero-order chi connectivity index (χ0) is 40.0. The normalized spacial score (nSPS) is 12.1. The molecule has 0 amide bonds. The number of benzene rings is 10. The predicted octanol–water partition coefficient (Wildman–Crippen LogP) is 16.6. The van der Waals surface area contributed by atoms with Gasteiger partial charge in [0.15, 0.2) is 0 Å². The van der Waals surface area contributed by atoms with E-state index < -0.39 is 0 Å². The molecule has 0 spiro atoms. The van der Waals surface area contributed by atoms with Gasteiger partial charge in [-0.1, -0.05) is 158 Å². The van der Waals surface area contributed by atoms with Gasteiger partial charge in [-0.25, -0.2) is 0 Å². The van der Waals surface area contributed by atoms with Crippen LogP contribution >= 0.6 is 0 Å². The Morgan fingerprint density at radius 3 is 1.35 bits per heavy atom. The average Bonchev–Trinajstić information content (AvgIpc) is 3.75. The summed E-state index contributed by atoms with van der Waals surface area (Å²) < 4.78 is 6.00. The van der Waals surface area contributed by atoms with Crippen molar-refractivity contribution in [3.8, 4) is 22.3 Å². The highest BCUT2D eigenvalue weighted by molar-refractivity contribution is 6.10. The first-order valence-electron chi connectivity index (χ1n) is 20.7. The topological polar surface area (TPSA) is 16.4 Å². The molecule has 0 aliphatic heterocycles. The molecular formula is C58H41NO. The minimum atomic E-state index is 0.130. The number of hydrogen-bond donors (Lipinski definition) is 0. The Morgan fingerprint density at radius 1 is 0.417 bits per heavy atom. The van der Waals surface area contributed by atoms with Gasteiger partial charge < -0.3 is 9.32 Å². The summed E-state index contributed by atoms with van der Waals surface area (Å²) >= 11 is 0. The fraction of sp³-hybridized carbons (Fsp3) is 0.0345. The van der Waals surface area contributed by atoms with Gasteiger partial charge in [-0.3, -0.25) is 0 Å². The van der Waals surface area contributed by atoms with Gasteiger partial charge in [0.2, 0.25) is 0 Å². The van der Waals surface area contributed by atoms with E-state index in [1.54, 1.807) is 0 Å². The maximum Gasteiger partial charge on any atom is 0.134 e. The van der Waals surface area contributed by atoms with Crippen molar-refractivity contribution < 1.29 is 4.42 Å². The van der Waals surface area contributed by atoms with Gasteiger partial charge in [0.1, 0.15) is 5.58 Å². The highest BCUT2D eigenvalue weighted by Gasteiger charge is 2.20. The van der Waals surface area contributed by atoms with Gasteiger partial charge in [-0.2, -0.15) is 0 Å². The second-order valence-corrected chi connectivity index (χ2v) is 15.7. The zero-order valence-electron chi connectivity index (χ0n) is 33.1. The molecule has 1 atom stereocenters. The third-order valence-electron chi connectivity index (χ3n) is 12.3. The number of para-hydroxylation sites is 1. The lowest BCUT2D eigenvalue weighted by atomic mass is 9.88. The van der Waals surface area contributed by atoms with Crippen molar-refractivity contribution in [2.75, 3.05) is 4.90 Å². The summed E-state index contributed by atoms with van der Waals surface area (Å²) in [6, 6.07) is 75.1. The van der Waals surface area contributed by atoms with Gasteiger partial charge >= 0.3 is 0 Å². The van der Waals surface area contributed by atoms with Crippen LogP contribution in [0, 0.1) is 0 Å². The molecule has 1 aromatic heterocycles. The number of fused-ring (bicyclic) bond motifs is 7. The highest BCUT2D eigenvalue weighted by Crippen LogP contribution is 2.41. The van der Waals surface area contributed by atoms with Crippen LogP contribution < -0.4 is 4.90 Å². The molecule has 11 aromatic rings. The van der Waals surface area contributed by atoms with Crippen LogP contribution in [-0.4, -0.2) is 0 Å². The molecule has 0 radical (unpaired) electrons. The Labute approximate surface area is 349 Å². The monoisotopic (exact) mass is 767 g/mol. The van der Waals surface area contributed by atoms with E-state index in [2.05, 4.69) is 206 Å². The number of hydrogen-bond acceptors (Lipinski definition) is 2. The SMILES string of the molecule is C=CCC(c1ccc(N(c2ccc(-c3ccc4ccc5ccccc5c4c3)cc2)c2ccc(-c3ccc4ccc5ccccc5c4c3)cc2)cc1)c1coc2ccccc12. The number of furan rings is 1. The first-order chi connectivity index (χ1) is 29.7. The minimum absolute atomic E-state index is 0.130. The molecule has 0 aliphatic carbocycles. The maximum atomic E-state index is 6.00. The standard InChI is InChI=1S/C58H41NO/c1-2-9-51(57-38-60-58-15-8-7-14-54(57)58)43-28-34-50(35-29-43)59(48-30-24-39(25-31-48)46-22-20-44-18-16-41-10-3-5-12-52(41)55(44)36-46)49-32-26-40(27-33-49)47-23-21-45-19-17-42-11-4-6-13-53(42)56(45)37-47/h2-8,10-38,51H,1,9H2. The molecule has 2 nitrogen and oxygen atoms in total. The first-order valence-corrected chi connectivity index (χ1v) is 20.7. The summed E-state index contributed by atoms with van der Waals surface area (Å²) in [5.41, 5.74) is 11.4. The van der Waals surface area contributed by atoms with Gasteiger partial charge in [0, 0.05) is 33.9 Å². The lowest BCUT2D eigenvalue weighted by Crippen LogP contribution is -2.10. The molecule has 0 saturated carbocycles. The van der Waals surface area contributed by atoms with Crippen LogP contribution in [0.5, 0.6) is 0 Å². The van der Waals surface area contributed by atoms with Gasteiger partial charge in [-0.05, 0) is 132 Å². The lowest BCUT2D eigenvalue weighted by Gasteiger charge is -2.27. The van der Waals surface area contributed by atoms with E-state index in [0.29, 0.717) is 0 Å². The Balaban J connectivity index is 0.978. The van der Waals surface area contributed by atoms with Gasteiger partial charge in [0.05, 0.1) is 6.26 Å². The van der Waals surface area contributed by atoms with Crippen LogP contribution in [0.2, 0.25) is 0 Å². The van der Waals surface area contributed by atoms with Crippen LogP contribution in [0.3, 0.4) is 0 Å². The molecule has 11 rings (SSSR count). The summed E-state index contributed by atoms with van der Waals surface area (Å²) in [6.07, 6.45) is 4.73. The molecule has 60 heavy (non-hydrogen) atoms. The lowest BCUT2D eigenvalue weighted by molar-refractivity contribution is 0.606. The second kappa shape index (κ2) is 14.9. The Kier molecular flexibility index (Phi) is 8.82. The third kappa shape index (κ3) is 6.31. The van der Waals surface area contributed by atoms with Crippen LogP contribution in [0.4, 0.5) is 17.1 Å². The largest absolute Gasteiger partial charge is 0.464 e. The Bertz CT molecular complexity index is 3190.